The number of hydrogen-bond acceptors (Lipinski definition) is 3. The van der Waals surface area contributed by atoms with Crippen LogP contribution in [0, 0.1) is 6.92 Å². The molecule has 0 fully saturated rings. The van der Waals surface area contributed by atoms with Gasteiger partial charge in [-0.25, -0.2) is 0 Å². The Morgan fingerprint density at radius 3 is 2.57 bits per heavy atom. The van der Waals surface area contributed by atoms with Crippen molar-refractivity contribution in [2.75, 3.05) is 0 Å². The van der Waals surface area contributed by atoms with E-state index in [-0.39, 0.29) is 5.91 Å². The van der Waals surface area contributed by atoms with E-state index in [1.807, 2.05) is 31.2 Å². The number of benzene rings is 1. The third kappa shape index (κ3) is 5.36. The lowest BCUT2D eigenvalue weighted by molar-refractivity contribution is 0.0928. The highest BCUT2D eigenvalue weighted by Gasteiger charge is 2.34. The fourth-order valence-corrected chi connectivity index (χ4v) is 2.40. The van der Waals surface area contributed by atoms with E-state index in [0.29, 0.717) is 12.1 Å². The van der Waals surface area contributed by atoms with E-state index in [1.165, 1.54) is 0 Å². The van der Waals surface area contributed by atoms with Gasteiger partial charge in [0.25, 0.3) is 5.91 Å². The van der Waals surface area contributed by atoms with Crippen LogP contribution in [-0.4, -0.2) is 20.8 Å². The van der Waals surface area contributed by atoms with Crippen LogP contribution in [0.15, 0.2) is 48.8 Å². The van der Waals surface area contributed by atoms with Gasteiger partial charge in [-0.1, -0.05) is 59.1 Å². The van der Waals surface area contributed by atoms with Gasteiger partial charge in [0, 0.05) is 24.5 Å². The first-order chi connectivity index (χ1) is 10.9. The number of rotatable bonds is 5. The molecule has 1 amide bonds. The van der Waals surface area contributed by atoms with Crippen LogP contribution in [0.25, 0.3) is 0 Å². The van der Waals surface area contributed by atoms with Crippen molar-refractivity contribution < 1.29 is 4.79 Å². The van der Waals surface area contributed by atoms with Crippen LogP contribution in [0.1, 0.15) is 21.5 Å². The second-order valence-electron chi connectivity index (χ2n) is 5.01. The summed E-state index contributed by atoms with van der Waals surface area (Å²) in [6, 6.07) is 10.9. The number of nitrogens with zero attached hydrogens (tertiary/aromatic N) is 1. The van der Waals surface area contributed by atoms with Gasteiger partial charge in [-0.05, 0) is 30.2 Å². The molecule has 2 aromatic rings. The van der Waals surface area contributed by atoms with Gasteiger partial charge >= 0.3 is 0 Å². The second kappa shape index (κ2) is 7.97. The van der Waals surface area contributed by atoms with E-state index in [4.69, 9.17) is 34.8 Å². The monoisotopic (exact) mass is 371 g/mol. The molecule has 0 aliphatic rings. The fourth-order valence-electron chi connectivity index (χ4n) is 2.01. The van der Waals surface area contributed by atoms with Crippen LogP contribution in [0.3, 0.4) is 0 Å². The Morgan fingerprint density at radius 1 is 1.22 bits per heavy atom. The fraction of sp³-hybridized carbons (Fsp3) is 0.250. The average Bonchev–Trinajstić information content (AvgIpc) is 2.51. The minimum absolute atomic E-state index is 0.307. The first-order valence-corrected chi connectivity index (χ1v) is 8.07. The Labute approximate surface area is 150 Å². The molecule has 0 spiro atoms. The van der Waals surface area contributed by atoms with Gasteiger partial charge < -0.3 is 5.32 Å². The molecule has 0 bridgehead atoms. The smallest absolute Gasteiger partial charge is 0.252 e. The van der Waals surface area contributed by atoms with Crippen LogP contribution in [0.4, 0.5) is 0 Å². The summed E-state index contributed by atoms with van der Waals surface area (Å²) >= 11 is 17.9. The number of halogens is 3. The quantitative estimate of drug-likeness (QED) is 0.623. The molecule has 1 aromatic carbocycles. The van der Waals surface area contributed by atoms with Crippen LogP contribution >= 0.6 is 34.8 Å². The predicted octanol–water partition coefficient (Wildman–Crippen LogP) is 3.61. The first-order valence-electron chi connectivity index (χ1n) is 6.93. The molecule has 0 unspecified atom stereocenters. The number of hydrogen-bond donors (Lipinski definition) is 2. The number of pyridine rings is 1. The van der Waals surface area contributed by atoms with Crippen LogP contribution in [0.2, 0.25) is 0 Å². The van der Waals surface area contributed by atoms with Crippen LogP contribution in [0.5, 0.6) is 0 Å². The lowest BCUT2D eigenvalue weighted by atomic mass is 10.1. The Bertz CT molecular complexity index is 659. The van der Waals surface area contributed by atoms with Crippen molar-refractivity contribution in [1.29, 1.82) is 0 Å². The van der Waals surface area contributed by atoms with E-state index >= 15 is 0 Å². The molecule has 1 heterocycles. The van der Waals surface area contributed by atoms with Crippen molar-refractivity contribution in [3.05, 3.63) is 65.5 Å². The van der Waals surface area contributed by atoms with Crippen LogP contribution in [-0.2, 0) is 6.54 Å². The van der Waals surface area contributed by atoms with E-state index in [2.05, 4.69) is 15.6 Å². The molecule has 0 aliphatic heterocycles. The van der Waals surface area contributed by atoms with Gasteiger partial charge in [-0.2, -0.15) is 0 Å². The summed E-state index contributed by atoms with van der Waals surface area (Å²) in [5.74, 6) is -0.307. The molecule has 0 aliphatic carbocycles. The van der Waals surface area contributed by atoms with Crippen molar-refractivity contribution in [1.82, 2.24) is 15.6 Å². The number of aryl methyl sites for hydroxylation is 1. The zero-order chi connectivity index (χ0) is 16.9. The summed E-state index contributed by atoms with van der Waals surface area (Å²) in [5.41, 5.74) is 2.30. The Morgan fingerprint density at radius 2 is 1.96 bits per heavy atom. The second-order valence-corrected chi connectivity index (χ2v) is 7.37. The van der Waals surface area contributed by atoms with E-state index in [9.17, 15) is 4.79 Å². The number of amides is 1. The van der Waals surface area contributed by atoms with Gasteiger partial charge in [0.2, 0.25) is 3.79 Å². The van der Waals surface area contributed by atoms with Crippen LogP contribution < -0.4 is 10.6 Å². The molecule has 1 atom stereocenters. The van der Waals surface area contributed by atoms with Gasteiger partial charge in [-0.15, -0.1) is 0 Å². The third-order valence-corrected chi connectivity index (χ3v) is 3.88. The summed E-state index contributed by atoms with van der Waals surface area (Å²) in [5, 5.41) is 5.75. The highest BCUT2D eigenvalue weighted by molar-refractivity contribution is 6.68. The molecule has 2 rings (SSSR count). The first kappa shape index (κ1) is 18.0. The van der Waals surface area contributed by atoms with Crippen molar-refractivity contribution >= 4 is 40.7 Å². The number of nitrogens with one attached hydrogen (secondary N) is 2. The molecule has 1 aromatic heterocycles. The normalized spacial score (nSPS) is 12.7. The van der Waals surface area contributed by atoms with Gasteiger partial charge in [-0.3, -0.25) is 15.1 Å². The molecule has 4 nitrogen and oxygen atoms in total. The summed E-state index contributed by atoms with van der Waals surface area (Å²) in [6.45, 7) is 2.25. The summed E-state index contributed by atoms with van der Waals surface area (Å²) in [6.07, 6.45) is 2.53. The summed E-state index contributed by atoms with van der Waals surface area (Å²) in [7, 11) is 0. The standard InChI is InChI=1S/C16H16Cl3N3O/c1-11-5-2-3-7-13(11)14(23)22-15(16(17,18)19)21-10-12-6-4-8-20-9-12/h2-9,15,21H,10H2,1H3,(H,22,23)/t15-/m0/s1. The third-order valence-electron chi connectivity index (χ3n) is 3.23. The maximum atomic E-state index is 12.4. The minimum Gasteiger partial charge on any atom is -0.333 e. The van der Waals surface area contributed by atoms with Crippen molar-refractivity contribution in [2.24, 2.45) is 0 Å². The highest BCUT2D eigenvalue weighted by atomic mass is 35.6. The lowest BCUT2D eigenvalue weighted by Gasteiger charge is -2.27. The lowest BCUT2D eigenvalue weighted by Crippen LogP contribution is -2.53. The zero-order valence-corrected chi connectivity index (χ0v) is 14.7. The molecule has 0 radical (unpaired) electrons. The predicted molar refractivity (Wildman–Crippen MR) is 93.8 cm³/mol. The number of aromatic nitrogens is 1. The van der Waals surface area contributed by atoms with Gasteiger partial charge in [0.05, 0.1) is 0 Å². The molecule has 0 saturated carbocycles. The summed E-state index contributed by atoms with van der Waals surface area (Å²) in [4.78, 5) is 16.4. The summed E-state index contributed by atoms with van der Waals surface area (Å²) < 4.78 is -1.69. The largest absolute Gasteiger partial charge is 0.333 e. The average molecular weight is 373 g/mol. The van der Waals surface area contributed by atoms with E-state index < -0.39 is 9.96 Å². The Kier molecular flexibility index (Phi) is 6.25. The zero-order valence-electron chi connectivity index (χ0n) is 12.4. The number of carbonyl (C=O) groups excluding carboxylic acids is 1. The topological polar surface area (TPSA) is 54.0 Å². The number of carbonyl (C=O) groups is 1. The number of alkyl halides is 3. The van der Waals surface area contributed by atoms with E-state index in [1.54, 1.807) is 24.5 Å². The highest BCUT2D eigenvalue weighted by Crippen LogP contribution is 2.29. The molecule has 0 saturated heterocycles. The minimum atomic E-state index is -1.69. The molecule has 2 N–H and O–H groups in total. The molecular formula is C16H16Cl3N3O. The van der Waals surface area contributed by atoms with Gasteiger partial charge in [0.1, 0.15) is 6.17 Å². The maximum Gasteiger partial charge on any atom is 0.252 e. The molecule has 7 heteroatoms. The molecule has 122 valence electrons. The van der Waals surface area contributed by atoms with Crippen molar-refractivity contribution in [2.45, 2.75) is 23.4 Å². The SMILES string of the molecule is Cc1ccccc1C(=O)N[C@H](NCc1cccnc1)C(Cl)(Cl)Cl. The van der Waals surface area contributed by atoms with Crippen molar-refractivity contribution in [3.63, 3.8) is 0 Å². The van der Waals surface area contributed by atoms with Gasteiger partial charge in [0.15, 0.2) is 0 Å². The Balaban J connectivity index is 2.07. The molecule has 23 heavy (non-hydrogen) atoms. The molecular weight excluding hydrogens is 357 g/mol. The Hall–Kier alpha value is -1.33. The van der Waals surface area contributed by atoms with Crippen molar-refractivity contribution in [3.8, 4) is 0 Å². The maximum absolute atomic E-state index is 12.4. The van der Waals surface area contributed by atoms with E-state index in [0.717, 1.165) is 11.1 Å².